The van der Waals surface area contributed by atoms with Crippen LogP contribution in [-0.4, -0.2) is 38.7 Å². The number of hydrogen-bond donors (Lipinski definition) is 2. The van der Waals surface area contributed by atoms with Crippen LogP contribution in [0, 0.1) is 6.92 Å². The zero-order valence-electron chi connectivity index (χ0n) is 11.0. The molecule has 0 amide bonds. The molecule has 112 valence electrons. The van der Waals surface area contributed by atoms with Crippen molar-refractivity contribution in [2.75, 3.05) is 16.2 Å². The highest BCUT2D eigenvalue weighted by atomic mass is 32.2. The number of phenolic OH excluding ortho intramolecular Hbond substituents is 1. The molecule has 0 bridgehead atoms. The molecule has 0 radical (unpaired) electrons. The number of aryl methyl sites for hydroxylation is 1. The molecule has 1 aromatic carbocycles. The van der Waals surface area contributed by atoms with Crippen LogP contribution >= 0.6 is 0 Å². The number of rotatable bonds is 3. The Kier molecular flexibility index (Phi) is 3.97. The van der Waals surface area contributed by atoms with E-state index in [4.69, 9.17) is 0 Å². The van der Waals surface area contributed by atoms with Gasteiger partial charge in [0, 0.05) is 5.69 Å². The van der Waals surface area contributed by atoms with Crippen LogP contribution in [0.1, 0.15) is 18.4 Å². The number of sulfonamides is 1. The third-order valence-corrected chi connectivity index (χ3v) is 6.98. The first-order valence-corrected chi connectivity index (χ1v) is 9.58. The van der Waals surface area contributed by atoms with E-state index in [0.717, 1.165) is 0 Å². The van der Waals surface area contributed by atoms with Gasteiger partial charge in [0.1, 0.15) is 15.6 Å². The molecule has 2 N–H and O–H groups in total. The first-order chi connectivity index (χ1) is 9.20. The number of benzene rings is 1. The zero-order valence-corrected chi connectivity index (χ0v) is 12.7. The van der Waals surface area contributed by atoms with Crippen LogP contribution in [0.3, 0.4) is 0 Å². The number of anilines is 1. The van der Waals surface area contributed by atoms with E-state index >= 15 is 0 Å². The average Bonchev–Trinajstić information content (AvgIpc) is 2.33. The monoisotopic (exact) mass is 319 g/mol. The van der Waals surface area contributed by atoms with Crippen LogP contribution < -0.4 is 4.72 Å². The molecule has 0 atom stereocenters. The van der Waals surface area contributed by atoms with Crippen LogP contribution in [0.4, 0.5) is 5.69 Å². The van der Waals surface area contributed by atoms with E-state index in [1.807, 2.05) is 0 Å². The number of phenols is 1. The fourth-order valence-corrected chi connectivity index (χ4v) is 5.41. The Labute approximate surface area is 118 Å². The molecular weight excluding hydrogens is 302 g/mol. The lowest BCUT2D eigenvalue weighted by Crippen LogP contribution is -2.36. The van der Waals surface area contributed by atoms with Gasteiger partial charge in [-0.3, -0.25) is 4.72 Å². The standard InChI is InChI=1S/C12H17NO5S2/c1-9-8-10(2-3-12(9)14)13-20(17,18)11-4-6-19(15,16)7-5-11/h2-3,8,11,13-14H,4-7H2,1H3. The summed E-state index contributed by atoms with van der Waals surface area (Å²) in [4.78, 5) is 0. The Bertz CT molecular complexity index is 695. The lowest BCUT2D eigenvalue weighted by atomic mass is 10.2. The van der Waals surface area contributed by atoms with E-state index in [1.54, 1.807) is 6.92 Å². The summed E-state index contributed by atoms with van der Waals surface area (Å²) in [6.07, 6.45) is 0.240. The van der Waals surface area contributed by atoms with Gasteiger partial charge in [0.2, 0.25) is 10.0 Å². The van der Waals surface area contributed by atoms with Crippen molar-refractivity contribution < 1.29 is 21.9 Å². The first kappa shape index (κ1) is 15.1. The van der Waals surface area contributed by atoms with Crippen molar-refractivity contribution in [3.8, 4) is 5.75 Å². The molecule has 0 aromatic heterocycles. The van der Waals surface area contributed by atoms with Gasteiger partial charge in [-0.2, -0.15) is 0 Å². The summed E-state index contributed by atoms with van der Waals surface area (Å²) < 4.78 is 49.5. The predicted octanol–water partition coefficient (Wildman–Crippen LogP) is 1.02. The molecule has 1 aliphatic heterocycles. The Balaban J connectivity index is 2.13. The minimum atomic E-state index is -3.61. The van der Waals surface area contributed by atoms with Crippen molar-refractivity contribution >= 4 is 25.5 Å². The molecule has 0 aliphatic carbocycles. The van der Waals surface area contributed by atoms with Crippen molar-refractivity contribution in [3.63, 3.8) is 0 Å². The molecule has 1 aromatic rings. The van der Waals surface area contributed by atoms with Gasteiger partial charge < -0.3 is 5.11 Å². The molecule has 8 heteroatoms. The molecule has 0 saturated carbocycles. The second-order valence-electron chi connectivity index (χ2n) is 5.00. The first-order valence-electron chi connectivity index (χ1n) is 6.21. The molecule has 1 fully saturated rings. The van der Waals surface area contributed by atoms with Crippen LogP contribution in [0.25, 0.3) is 0 Å². The summed E-state index contributed by atoms with van der Waals surface area (Å²) in [5.41, 5.74) is 0.935. The zero-order chi connectivity index (χ0) is 15.0. The topological polar surface area (TPSA) is 101 Å². The van der Waals surface area contributed by atoms with E-state index in [-0.39, 0.29) is 30.1 Å². The highest BCUT2D eigenvalue weighted by Gasteiger charge is 2.32. The predicted molar refractivity (Wildman–Crippen MR) is 77.1 cm³/mol. The van der Waals surface area contributed by atoms with Gasteiger partial charge >= 0.3 is 0 Å². The maximum atomic E-state index is 12.2. The molecule has 2 rings (SSSR count). The normalized spacial score (nSPS) is 19.6. The fourth-order valence-electron chi connectivity index (χ4n) is 2.15. The molecule has 1 aliphatic rings. The van der Waals surface area contributed by atoms with E-state index in [2.05, 4.69) is 4.72 Å². The van der Waals surface area contributed by atoms with E-state index < -0.39 is 25.1 Å². The van der Waals surface area contributed by atoms with Crippen molar-refractivity contribution in [3.05, 3.63) is 23.8 Å². The molecule has 6 nitrogen and oxygen atoms in total. The summed E-state index contributed by atoms with van der Waals surface area (Å²) in [5.74, 6) is -0.0860. The summed E-state index contributed by atoms with van der Waals surface area (Å²) >= 11 is 0. The smallest absolute Gasteiger partial charge is 0.235 e. The van der Waals surface area contributed by atoms with E-state index in [0.29, 0.717) is 11.3 Å². The Morgan fingerprint density at radius 1 is 1.25 bits per heavy atom. The second kappa shape index (κ2) is 5.25. The summed E-state index contributed by atoms with van der Waals surface area (Å²) in [6, 6.07) is 4.42. The van der Waals surface area contributed by atoms with Gasteiger partial charge in [-0.15, -0.1) is 0 Å². The Morgan fingerprint density at radius 3 is 2.40 bits per heavy atom. The summed E-state index contributed by atoms with van der Waals surface area (Å²) in [7, 11) is -6.70. The van der Waals surface area contributed by atoms with Crippen molar-refractivity contribution in [1.82, 2.24) is 0 Å². The fraction of sp³-hybridized carbons (Fsp3) is 0.500. The maximum absolute atomic E-state index is 12.2. The van der Waals surface area contributed by atoms with Crippen LogP contribution in [0.5, 0.6) is 5.75 Å². The van der Waals surface area contributed by atoms with Gasteiger partial charge in [0.25, 0.3) is 0 Å². The van der Waals surface area contributed by atoms with Crippen molar-refractivity contribution in [2.24, 2.45) is 0 Å². The minimum Gasteiger partial charge on any atom is -0.508 e. The summed E-state index contributed by atoms with van der Waals surface area (Å²) in [6.45, 7) is 1.67. The molecule has 0 spiro atoms. The van der Waals surface area contributed by atoms with Gasteiger partial charge in [0.15, 0.2) is 0 Å². The molecule has 0 unspecified atom stereocenters. The quantitative estimate of drug-likeness (QED) is 0.810. The van der Waals surface area contributed by atoms with Crippen molar-refractivity contribution in [2.45, 2.75) is 25.0 Å². The Morgan fingerprint density at radius 2 is 1.85 bits per heavy atom. The molecule has 20 heavy (non-hydrogen) atoms. The van der Waals surface area contributed by atoms with E-state index in [9.17, 15) is 21.9 Å². The van der Waals surface area contributed by atoms with E-state index in [1.165, 1.54) is 18.2 Å². The van der Waals surface area contributed by atoms with Crippen LogP contribution in [0.15, 0.2) is 18.2 Å². The van der Waals surface area contributed by atoms with Crippen LogP contribution in [-0.2, 0) is 19.9 Å². The molecule has 1 saturated heterocycles. The third-order valence-electron chi connectivity index (χ3n) is 3.40. The van der Waals surface area contributed by atoms with Gasteiger partial charge in [-0.05, 0) is 43.5 Å². The Hall–Kier alpha value is -1.28. The minimum absolute atomic E-state index is 0.0901. The maximum Gasteiger partial charge on any atom is 0.235 e. The number of nitrogens with one attached hydrogen (secondary N) is 1. The largest absolute Gasteiger partial charge is 0.508 e. The van der Waals surface area contributed by atoms with Gasteiger partial charge in [-0.25, -0.2) is 16.8 Å². The van der Waals surface area contributed by atoms with Crippen LogP contribution in [0.2, 0.25) is 0 Å². The third kappa shape index (κ3) is 3.43. The van der Waals surface area contributed by atoms with Gasteiger partial charge in [-0.1, -0.05) is 0 Å². The van der Waals surface area contributed by atoms with Crippen molar-refractivity contribution in [1.29, 1.82) is 0 Å². The highest BCUT2D eigenvalue weighted by Crippen LogP contribution is 2.24. The molecule has 1 heterocycles. The summed E-state index contributed by atoms with van der Waals surface area (Å²) in [5, 5.41) is 8.71. The number of aromatic hydroxyl groups is 1. The second-order valence-corrected chi connectivity index (χ2v) is 9.26. The lowest BCUT2D eigenvalue weighted by molar-refractivity contribution is 0.471. The number of hydrogen-bond acceptors (Lipinski definition) is 5. The lowest BCUT2D eigenvalue weighted by Gasteiger charge is -2.22. The average molecular weight is 319 g/mol. The number of sulfone groups is 1. The molecular formula is C12H17NO5S2. The highest BCUT2D eigenvalue weighted by molar-refractivity contribution is 7.94. The SMILES string of the molecule is Cc1cc(NS(=O)(=O)C2CCS(=O)(=O)CC2)ccc1O. The van der Waals surface area contributed by atoms with Gasteiger partial charge in [0.05, 0.1) is 16.8 Å².